The van der Waals surface area contributed by atoms with Gasteiger partial charge in [-0.3, -0.25) is 4.79 Å². The molecule has 5 heteroatoms. The van der Waals surface area contributed by atoms with Gasteiger partial charge in [0.05, 0.1) is 39.3 Å². The number of aliphatic hydroxyl groups excluding tert-OH is 1. The Morgan fingerprint density at radius 2 is 1.57 bits per heavy atom. The van der Waals surface area contributed by atoms with E-state index in [1.54, 1.807) is 19.1 Å². The number of aliphatic hydroxyl groups is 1. The van der Waals surface area contributed by atoms with Gasteiger partial charge in [-0.15, -0.1) is 0 Å². The number of rotatable bonds is 6. The first-order valence-electron chi connectivity index (χ1n) is 9.94. The Balaban J connectivity index is 1.91. The molecule has 0 radical (unpaired) electrons. The molecule has 0 saturated carbocycles. The molecule has 0 unspecified atom stereocenters. The van der Waals surface area contributed by atoms with Crippen LogP contribution in [0.25, 0.3) is 0 Å². The van der Waals surface area contributed by atoms with Crippen molar-refractivity contribution >= 4 is 5.91 Å². The van der Waals surface area contributed by atoms with Crippen LogP contribution in [0, 0.1) is 0 Å². The predicted molar refractivity (Wildman–Crippen MR) is 115 cm³/mol. The Kier molecular flexibility index (Phi) is 5.72. The lowest BCUT2D eigenvalue weighted by atomic mass is 9.85. The van der Waals surface area contributed by atoms with Crippen molar-refractivity contribution in [1.29, 1.82) is 0 Å². The van der Waals surface area contributed by atoms with Crippen LogP contribution in [0.1, 0.15) is 34.3 Å². The lowest BCUT2D eigenvalue weighted by Gasteiger charge is -2.42. The monoisotopic (exact) mass is 403 g/mol. The highest BCUT2D eigenvalue weighted by Crippen LogP contribution is 2.44. The van der Waals surface area contributed by atoms with E-state index in [1.807, 2.05) is 72.8 Å². The number of fused-ring (bicyclic) bond motifs is 1. The highest BCUT2D eigenvalue weighted by Gasteiger charge is 2.39. The molecule has 154 valence electrons. The summed E-state index contributed by atoms with van der Waals surface area (Å²) in [6.07, 6.45) is 0.238. The molecule has 2 atom stereocenters. The van der Waals surface area contributed by atoms with E-state index in [2.05, 4.69) is 0 Å². The molecule has 0 fully saturated rings. The smallest absolute Gasteiger partial charge is 0.228 e. The van der Waals surface area contributed by atoms with Crippen LogP contribution < -0.4 is 9.47 Å². The predicted octanol–water partition coefficient (Wildman–Crippen LogP) is 3.91. The van der Waals surface area contributed by atoms with Crippen LogP contribution in [0.15, 0.2) is 72.8 Å². The van der Waals surface area contributed by atoms with Crippen molar-refractivity contribution in [2.75, 3.05) is 20.8 Å². The van der Waals surface area contributed by atoms with Gasteiger partial charge in [0, 0.05) is 0 Å². The van der Waals surface area contributed by atoms with Crippen LogP contribution in [0.2, 0.25) is 0 Å². The maximum atomic E-state index is 13.4. The van der Waals surface area contributed by atoms with Crippen LogP contribution in [0.3, 0.4) is 0 Å². The Morgan fingerprint density at radius 3 is 2.17 bits per heavy atom. The van der Waals surface area contributed by atoms with E-state index in [0.717, 1.165) is 22.3 Å². The number of carbonyl (C=O) groups is 1. The minimum absolute atomic E-state index is 0.0357. The lowest BCUT2D eigenvalue weighted by Crippen LogP contribution is -2.44. The van der Waals surface area contributed by atoms with E-state index in [4.69, 9.17) is 9.47 Å². The fourth-order valence-corrected chi connectivity index (χ4v) is 4.25. The fourth-order valence-electron chi connectivity index (χ4n) is 4.25. The molecule has 5 nitrogen and oxygen atoms in total. The van der Waals surface area contributed by atoms with Crippen LogP contribution in [0.5, 0.6) is 11.5 Å². The first-order valence-corrected chi connectivity index (χ1v) is 9.94. The van der Waals surface area contributed by atoms with Crippen LogP contribution >= 0.6 is 0 Å². The van der Waals surface area contributed by atoms with Crippen molar-refractivity contribution in [2.45, 2.75) is 18.5 Å². The van der Waals surface area contributed by atoms with Gasteiger partial charge in [0.15, 0.2) is 11.5 Å². The van der Waals surface area contributed by atoms with Crippen molar-refractivity contribution in [3.63, 3.8) is 0 Å². The van der Waals surface area contributed by atoms with Crippen molar-refractivity contribution in [3.8, 4) is 11.5 Å². The van der Waals surface area contributed by atoms with Gasteiger partial charge in [0.2, 0.25) is 5.91 Å². The Hall–Kier alpha value is -3.31. The van der Waals surface area contributed by atoms with Gasteiger partial charge in [-0.05, 0) is 34.4 Å². The molecule has 1 aliphatic heterocycles. The molecule has 0 aliphatic carbocycles. The summed E-state index contributed by atoms with van der Waals surface area (Å²) in [5.41, 5.74) is 3.77. The number of benzene rings is 3. The molecular weight excluding hydrogens is 378 g/mol. The molecule has 0 aromatic heterocycles. The summed E-state index contributed by atoms with van der Waals surface area (Å²) in [5, 5.41) is 10.3. The second kappa shape index (κ2) is 8.59. The third kappa shape index (κ3) is 3.53. The van der Waals surface area contributed by atoms with Crippen molar-refractivity contribution in [2.24, 2.45) is 0 Å². The Morgan fingerprint density at radius 1 is 0.967 bits per heavy atom. The Bertz CT molecular complexity index is 1020. The van der Waals surface area contributed by atoms with Gasteiger partial charge in [-0.1, -0.05) is 60.7 Å². The molecule has 0 bridgehead atoms. The van der Waals surface area contributed by atoms with E-state index < -0.39 is 6.04 Å². The molecule has 0 saturated heterocycles. The van der Waals surface area contributed by atoms with E-state index in [9.17, 15) is 9.90 Å². The SMILES string of the molecule is COc1cc2c(cc1OC)[C@H](c1ccccc1)N([C@@H](CO)c1ccccc1)C(=O)C2. The average molecular weight is 403 g/mol. The zero-order valence-corrected chi connectivity index (χ0v) is 17.1. The third-order valence-corrected chi connectivity index (χ3v) is 5.66. The highest BCUT2D eigenvalue weighted by atomic mass is 16.5. The molecule has 1 aliphatic rings. The normalized spacial score (nSPS) is 16.7. The standard InChI is InChI=1S/C25H25NO4/c1-29-22-13-19-14-24(28)26(21(16-27)17-9-5-3-6-10-17)25(18-11-7-4-8-12-18)20(19)15-23(22)30-2/h3-13,15,21,25,27H,14,16H2,1-2H3/t21-,25-/m0/s1. The summed E-state index contributed by atoms with van der Waals surface area (Å²) in [5.74, 6) is 1.18. The van der Waals surface area contributed by atoms with Crippen molar-refractivity contribution < 1.29 is 19.4 Å². The minimum Gasteiger partial charge on any atom is -0.493 e. The maximum absolute atomic E-state index is 13.4. The largest absolute Gasteiger partial charge is 0.493 e. The first-order chi connectivity index (χ1) is 14.7. The van der Waals surface area contributed by atoms with Gasteiger partial charge in [-0.25, -0.2) is 0 Å². The number of ether oxygens (including phenoxy) is 2. The molecule has 1 N–H and O–H groups in total. The number of hydrogen-bond acceptors (Lipinski definition) is 4. The summed E-state index contributed by atoms with van der Waals surface area (Å²) in [4.78, 5) is 15.2. The zero-order chi connectivity index (χ0) is 21.1. The van der Waals surface area contributed by atoms with E-state index in [-0.39, 0.29) is 25.0 Å². The summed E-state index contributed by atoms with van der Waals surface area (Å²) in [7, 11) is 3.20. The second-order valence-corrected chi connectivity index (χ2v) is 7.31. The first kappa shape index (κ1) is 20.0. The van der Waals surface area contributed by atoms with Crippen LogP contribution in [0.4, 0.5) is 0 Å². The summed E-state index contributed by atoms with van der Waals surface area (Å²) >= 11 is 0. The molecule has 4 rings (SSSR count). The van der Waals surface area contributed by atoms with E-state index in [0.29, 0.717) is 11.5 Å². The summed E-state index contributed by atoms with van der Waals surface area (Å²) in [6.45, 7) is -0.165. The van der Waals surface area contributed by atoms with Gasteiger partial charge in [0.1, 0.15) is 0 Å². The third-order valence-electron chi connectivity index (χ3n) is 5.66. The van der Waals surface area contributed by atoms with Crippen molar-refractivity contribution in [1.82, 2.24) is 4.90 Å². The Labute approximate surface area is 176 Å². The molecule has 0 spiro atoms. The van der Waals surface area contributed by atoms with Gasteiger partial charge in [-0.2, -0.15) is 0 Å². The van der Waals surface area contributed by atoms with E-state index >= 15 is 0 Å². The molecule has 1 heterocycles. The molecule has 3 aromatic rings. The van der Waals surface area contributed by atoms with Gasteiger partial charge >= 0.3 is 0 Å². The zero-order valence-electron chi connectivity index (χ0n) is 17.1. The topological polar surface area (TPSA) is 59.0 Å². The molecular formula is C25H25NO4. The van der Waals surface area contributed by atoms with E-state index in [1.165, 1.54) is 0 Å². The molecule has 30 heavy (non-hydrogen) atoms. The average Bonchev–Trinajstić information content (AvgIpc) is 2.80. The minimum atomic E-state index is -0.454. The van der Waals surface area contributed by atoms with Crippen LogP contribution in [-0.4, -0.2) is 36.7 Å². The van der Waals surface area contributed by atoms with Crippen molar-refractivity contribution in [3.05, 3.63) is 95.1 Å². The molecule has 1 amide bonds. The summed E-state index contributed by atoms with van der Waals surface area (Å²) < 4.78 is 11.0. The summed E-state index contributed by atoms with van der Waals surface area (Å²) in [6, 6.07) is 22.6. The lowest BCUT2D eigenvalue weighted by molar-refractivity contribution is -0.137. The fraction of sp³-hybridized carbons (Fsp3) is 0.240. The van der Waals surface area contributed by atoms with Crippen LogP contribution in [-0.2, 0) is 11.2 Å². The maximum Gasteiger partial charge on any atom is 0.228 e. The highest BCUT2D eigenvalue weighted by molar-refractivity contribution is 5.83. The number of amides is 1. The number of methoxy groups -OCH3 is 2. The number of hydrogen-bond donors (Lipinski definition) is 1. The van der Waals surface area contributed by atoms with Gasteiger partial charge in [0.25, 0.3) is 0 Å². The molecule has 3 aromatic carbocycles. The quantitative estimate of drug-likeness (QED) is 0.678. The number of carbonyl (C=O) groups excluding carboxylic acids is 1. The number of nitrogens with zero attached hydrogens (tertiary/aromatic N) is 1. The second-order valence-electron chi connectivity index (χ2n) is 7.31. The van der Waals surface area contributed by atoms with Gasteiger partial charge < -0.3 is 19.5 Å².